The lowest BCUT2D eigenvalue weighted by atomic mass is 9.88. The molecule has 1 aliphatic heterocycles. The molecule has 0 unspecified atom stereocenters. The number of amides is 1. The Kier molecular flexibility index (Phi) is 5.37. The van der Waals surface area contributed by atoms with Crippen molar-refractivity contribution < 1.29 is 14.4 Å². The quantitative estimate of drug-likeness (QED) is 0.683. The highest BCUT2D eigenvalue weighted by atomic mass is 79.9. The van der Waals surface area contributed by atoms with Gasteiger partial charge in [-0.15, -0.1) is 0 Å². The van der Waals surface area contributed by atoms with Crippen molar-refractivity contribution in [2.45, 2.75) is 26.2 Å². The molecule has 0 spiro atoms. The SMILES string of the molecule is CC(=O)N(C1=C(N2CCCCC2)C(=O)c2ccccc2C1=O)c1ccc(Br)cc1. The summed E-state index contributed by atoms with van der Waals surface area (Å²) in [5.74, 6) is -0.795. The van der Waals surface area contributed by atoms with Gasteiger partial charge >= 0.3 is 0 Å². The third kappa shape index (κ3) is 3.53. The van der Waals surface area contributed by atoms with Crippen LogP contribution in [0.4, 0.5) is 5.69 Å². The lowest BCUT2D eigenvalue weighted by molar-refractivity contribution is -0.116. The number of nitrogens with zero attached hydrogens (tertiary/aromatic N) is 2. The zero-order valence-electron chi connectivity index (χ0n) is 16.2. The number of hydrogen-bond donors (Lipinski definition) is 0. The van der Waals surface area contributed by atoms with E-state index in [1.807, 2.05) is 17.0 Å². The maximum atomic E-state index is 13.6. The first-order valence-electron chi connectivity index (χ1n) is 9.73. The van der Waals surface area contributed by atoms with Crippen molar-refractivity contribution in [3.8, 4) is 0 Å². The summed E-state index contributed by atoms with van der Waals surface area (Å²) in [7, 11) is 0. The molecule has 4 rings (SSSR count). The standard InChI is InChI=1S/C23H21BrN2O3/c1-15(27)26(17-11-9-16(24)10-12-17)21-20(25-13-5-2-6-14-25)22(28)18-7-3-4-8-19(18)23(21)29/h3-4,7-12H,2,5-6,13-14H2,1H3. The van der Waals surface area contributed by atoms with Crippen molar-refractivity contribution in [2.24, 2.45) is 0 Å². The Morgan fingerprint density at radius 2 is 1.48 bits per heavy atom. The van der Waals surface area contributed by atoms with Gasteiger partial charge in [-0.2, -0.15) is 0 Å². The van der Waals surface area contributed by atoms with Crippen LogP contribution in [0, 0.1) is 0 Å². The van der Waals surface area contributed by atoms with Gasteiger partial charge in [0.1, 0.15) is 11.4 Å². The van der Waals surface area contributed by atoms with Gasteiger partial charge in [0.05, 0.1) is 0 Å². The average molecular weight is 453 g/mol. The van der Waals surface area contributed by atoms with E-state index in [0.29, 0.717) is 35.6 Å². The summed E-state index contributed by atoms with van der Waals surface area (Å²) >= 11 is 3.40. The molecule has 0 saturated carbocycles. The number of rotatable bonds is 3. The van der Waals surface area contributed by atoms with Gasteiger partial charge in [-0.3, -0.25) is 19.3 Å². The summed E-state index contributed by atoms with van der Waals surface area (Å²) in [4.78, 5) is 43.1. The molecule has 1 fully saturated rings. The molecule has 5 nitrogen and oxygen atoms in total. The molecule has 29 heavy (non-hydrogen) atoms. The Balaban J connectivity index is 1.95. The number of allylic oxidation sites excluding steroid dienone is 2. The van der Waals surface area contributed by atoms with Crippen LogP contribution in [0.15, 0.2) is 64.4 Å². The lowest BCUT2D eigenvalue weighted by Crippen LogP contribution is -2.43. The molecule has 0 bridgehead atoms. The number of anilines is 1. The van der Waals surface area contributed by atoms with Gasteiger partial charge in [0.2, 0.25) is 17.5 Å². The molecular weight excluding hydrogens is 432 g/mol. The zero-order valence-corrected chi connectivity index (χ0v) is 17.7. The molecule has 2 aromatic carbocycles. The summed E-state index contributed by atoms with van der Waals surface area (Å²) in [6.07, 6.45) is 3.01. The maximum absolute atomic E-state index is 13.6. The second-order valence-corrected chi connectivity index (χ2v) is 8.20. The minimum atomic E-state index is -0.308. The first-order valence-corrected chi connectivity index (χ1v) is 10.5. The van der Waals surface area contributed by atoms with E-state index < -0.39 is 0 Å². The molecule has 1 heterocycles. The van der Waals surface area contributed by atoms with Crippen LogP contribution < -0.4 is 4.90 Å². The smallest absolute Gasteiger partial charge is 0.228 e. The number of piperidine rings is 1. The molecule has 148 valence electrons. The van der Waals surface area contributed by atoms with Crippen molar-refractivity contribution in [3.63, 3.8) is 0 Å². The number of hydrogen-bond acceptors (Lipinski definition) is 4. The fourth-order valence-electron chi connectivity index (χ4n) is 4.03. The highest BCUT2D eigenvalue weighted by Gasteiger charge is 2.39. The molecule has 1 amide bonds. The van der Waals surface area contributed by atoms with E-state index in [-0.39, 0.29) is 23.2 Å². The Labute approximate surface area is 178 Å². The summed E-state index contributed by atoms with van der Waals surface area (Å²) in [6.45, 7) is 2.82. The van der Waals surface area contributed by atoms with Crippen molar-refractivity contribution in [1.82, 2.24) is 4.90 Å². The van der Waals surface area contributed by atoms with Gasteiger partial charge in [-0.1, -0.05) is 40.2 Å². The van der Waals surface area contributed by atoms with Gasteiger partial charge in [0.25, 0.3) is 0 Å². The summed E-state index contributed by atoms with van der Waals surface area (Å²) < 4.78 is 0.867. The number of benzene rings is 2. The normalized spacial score (nSPS) is 16.7. The molecule has 0 N–H and O–H groups in total. The van der Waals surface area contributed by atoms with Crippen LogP contribution in [0.5, 0.6) is 0 Å². The highest BCUT2D eigenvalue weighted by Crippen LogP contribution is 2.34. The second-order valence-electron chi connectivity index (χ2n) is 7.28. The Hall–Kier alpha value is -2.73. The molecular formula is C23H21BrN2O3. The highest BCUT2D eigenvalue weighted by molar-refractivity contribution is 9.10. The van der Waals surface area contributed by atoms with Crippen LogP contribution in [0.3, 0.4) is 0 Å². The van der Waals surface area contributed by atoms with E-state index >= 15 is 0 Å². The Morgan fingerprint density at radius 3 is 2.07 bits per heavy atom. The van der Waals surface area contributed by atoms with Gasteiger partial charge < -0.3 is 4.90 Å². The van der Waals surface area contributed by atoms with Crippen LogP contribution in [-0.4, -0.2) is 35.5 Å². The molecule has 0 radical (unpaired) electrons. The first kappa shape index (κ1) is 19.6. The van der Waals surface area contributed by atoms with Crippen molar-refractivity contribution >= 4 is 39.1 Å². The second kappa shape index (κ2) is 7.95. The van der Waals surface area contributed by atoms with Crippen LogP contribution in [0.2, 0.25) is 0 Å². The predicted octanol–water partition coefficient (Wildman–Crippen LogP) is 4.58. The number of likely N-dealkylation sites (tertiary alicyclic amines) is 1. The summed E-state index contributed by atoms with van der Waals surface area (Å²) in [5.41, 5.74) is 1.81. The van der Waals surface area contributed by atoms with Crippen molar-refractivity contribution in [3.05, 3.63) is 75.5 Å². The average Bonchev–Trinajstić information content (AvgIpc) is 2.73. The molecule has 6 heteroatoms. The van der Waals surface area contributed by atoms with Gasteiger partial charge in [-0.25, -0.2) is 0 Å². The Morgan fingerprint density at radius 1 is 0.897 bits per heavy atom. The number of ketones is 2. The van der Waals surface area contributed by atoms with E-state index in [1.165, 1.54) is 11.8 Å². The molecule has 0 atom stereocenters. The molecule has 1 saturated heterocycles. The molecule has 2 aromatic rings. The fourth-order valence-corrected chi connectivity index (χ4v) is 4.29. The third-order valence-corrected chi connectivity index (χ3v) is 5.90. The van der Waals surface area contributed by atoms with Gasteiger partial charge in [0.15, 0.2) is 0 Å². The predicted molar refractivity (Wildman–Crippen MR) is 115 cm³/mol. The molecule has 0 aromatic heterocycles. The van der Waals surface area contributed by atoms with Crippen molar-refractivity contribution in [1.29, 1.82) is 0 Å². The number of Topliss-reactive ketones (excluding diaryl/α,β-unsaturated/α-hetero) is 2. The van der Waals surface area contributed by atoms with Gasteiger partial charge in [-0.05, 0) is 43.5 Å². The van der Waals surface area contributed by atoms with Crippen molar-refractivity contribution in [2.75, 3.05) is 18.0 Å². The fraction of sp³-hybridized carbons (Fsp3) is 0.261. The van der Waals surface area contributed by atoms with E-state index in [4.69, 9.17) is 0 Å². The molecule has 2 aliphatic rings. The van der Waals surface area contributed by atoms with Crippen LogP contribution >= 0.6 is 15.9 Å². The van der Waals surface area contributed by atoms with Crippen LogP contribution in [-0.2, 0) is 4.79 Å². The largest absolute Gasteiger partial charge is 0.367 e. The van der Waals surface area contributed by atoms with E-state index in [1.54, 1.807) is 36.4 Å². The maximum Gasteiger partial charge on any atom is 0.228 e. The zero-order chi connectivity index (χ0) is 20.5. The third-order valence-electron chi connectivity index (χ3n) is 5.37. The van der Waals surface area contributed by atoms with E-state index in [0.717, 1.165) is 23.7 Å². The minimum absolute atomic E-state index is 0.158. The summed E-state index contributed by atoms with van der Waals surface area (Å²) in [6, 6.07) is 14.0. The monoisotopic (exact) mass is 452 g/mol. The van der Waals surface area contributed by atoms with E-state index in [2.05, 4.69) is 15.9 Å². The first-order chi connectivity index (χ1) is 14.0. The van der Waals surface area contributed by atoms with Crippen LogP contribution in [0.1, 0.15) is 46.9 Å². The van der Waals surface area contributed by atoms with E-state index in [9.17, 15) is 14.4 Å². The lowest BCUT2D eigenvalue weighted by Gasteiger charge is -2.36. The summed E-state index contributed by atoms with van der Waals surface area (Å²) in [5, 5.41) is 0. The Bertz CT molecular complexity index is 1020. The minimum Gasteiger partial charge on any atom is -0.367 e. The van der Waals surface area contributed by atoms with Crippen LogP contribution in [0.25, 0.3) is 0 Å². The topological polar surface area (TPSA) is 57.7 Å². The number of halogens is 1. The number of carbonyl (C=O) groups excluding carboxylic acids is 3. The van der Waals surface area contributed by atoms with Gasteiger partial charge in [0, 0.05) is 41.3 Å². The number of fused-ring (bicyclic) bond motifs is 1. The number of carbonyl (C=O) groups is 3. The molecule has 1 aliphatic carbocycles.